The van der Waals surface area contributed by atoms with Gasteiger partial charge in [-0.25, -0.2) is 31.1 Å². The van der Waals surface area contributed by atoms with E-state index in [2.05, 4.69) is 57.9 Å². The molecule has 4 atom stereocenters. The first kappa shape index (κ1) is 80.0. The van der Waals surface area contributed by atoms with Gasteiger partial charge in [-0.3, -0.25) is 29.2 Å². The number of benzene rings is 2. The lowest BCUT2D eigenvalue weighted by Gasteiger charge is -2.35. The Hall–Kier alpha value is -7.41. The number of aliphatic imine (C=N–C) groups is 2. The number of guanidine groups is 2. The summed E-state index contributed by atoms with van der Waals surface area (Å²) in [6.45, 7) is 29.2. The van der Waals surface area contributed by atoms with Crippen molar-refractivity contribution in [1.29, 1.82) is 5.39 Å². The Kier molecular flexibility index (Phi) is 29.9. The molecular weight excluding hydrogens is 1260 g/mol. The molecule has 0 spiro atoms. The number of hydrogen-bond acceptors (Lipinski definition) is 16. The number of alkyl carbamates (subject to hydrolysis) is 1. The topological polar surface area (TPSA) is 391 Å². The molecule has 0 aromatic heterocycles. The normalized spacial score (nSPS) is 16.1. The smallest absolute Gasteiger partial charge is 0.407 e. The maximum Gasteiger partial charge on any atom is 0.407 e. The average Bonchev–Trinajstić information content (AvgIpc) is 0.755. The first-order valence-corrected chi connectivity index (χ1v) is 36.4. The minimum Gasteiger partial charge on any atom is -0.504 e. The molecule has 5 amide bonds. The monoisotopic (exact) mass is 1370 g/mol. The zero-order valence-corrected chi connectivity index (χ0v) is 60.8. The fourth-order valence-electron chi connectivity index (χ4n) is 11.7. The van der Waals surface area contributed by atoms with Gasteiger partial charge in [-0.15, -0.1) is 0 Å². The van der Waals surface area contributed by atoms with Gasteiger partial charge in [-0.1, -0.05) is 59.3 Å². The lowest BCUT2D eigenvalue weighted by atomic mass is 9.88. The van der Waals surface area contributed by atoms with Crippen molar-refractivity contribution in [1.82, 2.24) is 36.0 Å². The molecule has 532 valence electrons. The number of diazo groups is 1. The molecule has 2 aromatic rings. The Balaban J connectivity index is 1.54. The molecule has 2 aliphatic rings. The van der Waals surface area contributed by atoms with Crippen LogP contribution in [-0.2, 0) is 56.8 Å². The zero-order valence-electron chi connectivity index (χ0n) is 59.1. The molecule has 0 unspecified atom stereocenters. The van der Waals surface area contributed by atoms with Gasteiger partial charge in [0.1, 0.15) is 46.4 Å². The molecule has 0 saturated heterocycles. The number of carbonyl (C=O) groups excluding carboxylic acids is 5. The molecule has 0 saturated carbocycles. The van der Waals surface area contributed by atoms with Crippen LogP contribution in [0, 0.1) is 52.9 Å². The van der Waals surface area contributed by atoms with E-state index in [1.54, 1.807) is 62.3 Å². The summed E-state index contributed by atoms with van der Waals surface area (Å²) in [6, 6.07) is -5.04. The van der Waals surface area contributed by atoms with Crippen molar-refractivity contribution in [2.24, 2.45) is 27.4 Å². The second kappa shape index (κ2) is 35.5. The summed E-state index contributed by atoms with van der Waals surface area (Å²) < 4.78 is 78.5. The van der Waals surface area contributed by atoms with Crippen molar-refractivity contribution in [3.8, 4) is 11.5 Å². The number of nitrogens with two attached hydrogens (primary N) is 2. The number of amides is 5. The number of aliphatic hydroxyl groups excluding tert-OH is 1. The molecule has 4 rings (SSSR count). The Bertz CT molecular complexity index is 3420. The number of rotatable bonds is 34. The summed E-state index contributed by atoms with van der Waals surface area (Å²) in [5.41, 5.74) is 16.0. The Morgan fingerprint density at radius 1 is 0.632 bits per heavy atom. The number of unbranched alkanes of at least 4 members (excludes halogenated alkanes) is 7. The van der Waals surface area contributed by atoms with Gasteiger partial charge in [0.25, 0.3) is 20.0 Å². The van der Waals surface area contributed by atoms with Crippen molar-refractivity contribution in [3.05, 3.63) is 61.4 Å². The highest BCUT2D eigenvalue weighted by Gasteiger charge is 2.37. The van der Waals surface area contributed by atoms with Crippen molar-refractivity contribution >= 4 is 61.7 Å². The summed E-state index contributed by atoms with van der Waals surface area (Å²) in [5, 5.41) is 34.3. The van der Waals surface area contributed by atoms with Crippen LogP contribution in [0.4, 0.5) is 4.79 Å². The van der Waals surface area contributed by atoms with Crippen LogP contribution < -0.4 is 57.0 Å². The molecule has 12 N–H and O–H groups in total. The molecule has 0 radical (unpaired) electrons. The van der Waals surface area contributed by atoms with Gasteiger partial charge < -0.3 is 57.4 Å². The quantitative estimate of drug-likeness (QED) is 0.0103. The summed E-state index contributed by atoms with van der Waals surface area (Å²) >= 11 is 0. The summed E-state index contributed by atoms with van der Waals surface area (Å²) in [6.07, 6.45) is 10.3. The average molecular weight is 1370 g/mol. The van der Waals surface area contributed by atoms with Gasteiger partial charge in [0.15, 0.2) is 4.98 Å². The van der Waals surface area contributed by atoms with E-state index in [1.807, 2.05) is 41.5 Å². The van der Waals surface area contributed by atoms with Gasteiger partial charge in [0, 0.05) is 26.1 Å². The van der Waals surface area contributed by atoms with E-state index in [9.17, 15) is 51.3 Å². The Morgan fingerprint density at radius 2 is 1.07 bits per heavy atom. The van der Waals surface area contributed by atoms with Crippen LogP contribution in [0.15, 0.2) is 31.7 Å². The van der Waals surface area contributed by atoms with Gasteiger partial charge >= 0.3 is 12.3 Å². The van der Waals surface area contributed by atoms with Gasteiger partial charge in [-0.05, 0) is 217 Å². The molecule has 0 bridgehead atoms. The van der Waals surface area contributed by atoms with Crippen LogP contribution in [0.3, 0.4) is 0 Å². The fourth-order valence-corrected chi connectivity index (χ4v) is 14.8. The van der Waals surface area contributed by atoms with E-state index < -0.39 is 102 Å². The number of nitrogens with one attached hydrogen (secondary N) is 7. The number of fused-ring (bicyclic) bond motifs is 2. The van der Waals surface area contributed by atoms with Crippen molar-refractivity contribution in [2.75, 3.05) is 19.6 Å². The Morgan fingerprint density at radius 3 is 1.55 bits per heavy atom. The van der Waals surface area contributed by atoms with Crippen molar-refractivity contribution in [3.63, 3.8) is 0 Å². The van der Waals surface area contributed by atoms with Crippen LogP contribution >= 0.6 is 0 Å². The third kappa shape index (κ3) is 24.3. The number of ether oxygens (including phenoxy) is 3. The number of nitrogens with zero attached hydrogens (tertiary/aromatic N) is 4. The number of carbonyl (C=O) groups is 5. The molecule has 95 heavy (non-hydrogen) atoms. The van der Waals surface area contributed by atoms with E-state index in [-0.39, 0.29) is 86.2 Å². The van der Waals surface area contributed by atoms with E-state index in [0.29, 0.717) is 83.4 Å². The number of sulfonamides is 2. The van der Waals surface area contributed by atoms with Crippen molar-refractivity contribution < 1.29 is 60.1 Å². The van der Waals surface area contributed by atoms with E-state index >= 15 is 0 Å². The maximum atomic E-state index is 14.5. The molecule has 26 nitrogen and oxygen atoms in total. The third-order valence-corrected chi connectivity index (χ3v) is 20.5. The standard InChI is InChI=1S/C67H109N13O13S2/c1-17-18-19-20-21-22-23-31-53(82)75-50(30-27-38-72-63(69)80-95(89,90)58-44(7)42(5)56-48(46(58)9)33-35-67(15,16)92-56)60(84)78-54(40(2)3)61(85)77-51(28-24-25-36-73-64(86)93-65(10,11)12)59(83)76-49(52(81)39-74-70)29-26-37-71-62(68)79-94(87,88)57-43(6)41(4)55-47(45(57)8)32-34-66(13,14)91-55/h39-40,49-51,54H,17-38H2,1-16H3,(H11-,68,69,71,72,73,75,76,77,78,79,80,81,82,83,84,85,86)/p+1/b52-39-/t49-,50-,51-,54-/m0/s1. The summed E-state index contributed by atoms with van der Waals surface area (Å²) in [4.78, 5) is 81.1. The van der Waals surface area contributed by atoms with E-state index in [0.717, 1.165) is 55.9 Å². The second-order valence-corrected chi connectivity index (χ2v) is 31.0. The highest BCUT2D eigenvalue weighted by atomic mass is 32.2. The molecule has 0 fully saturated rings. The lowest BCUT2D eigenvalue weighted by Crippen LogP contribution is -2.58. The van der Waals surface area contributed by atoms with Crippen LogP contribution in [-0.4, -0.2) is 124 Å². The third-order valence-electron chi connectivity index (χ3n) is 17.2. The maximum absolute atomic E-state index is 14.5. The largest absolute Gasteiger partial charge is 0.504 e. The van der Waals surface area contributed by atoms with Crippen LogP contribution in [0.5, 0.6) is 11.5 Å². The van der Waals surface area contributed by atoms with Crippen LogP contribution in [0.2, 0.25) is 0 Å². The van der Waals surface area contributed by atoms with Crippen LogP contribution in [0.1, 0.15) is 223 Å². The van der Waals surface area contributed by atoms with Crippen LogP contribution in [0.25, 0.3) is 4.98 Å². The zero-order chi connectivity index (χ0) is 71.4. The molecule has 0 aliphatic carbocycles. The minimum absolute atomic E-state index is 0.000806. The number of hydrogen-bond donors (Lipinski definition) is 10. The first-order chi connectivity index (χ1) is 44.3. The van der Waals surface area contributed by atoms with Gasteiger partial charge in [0.2, 0.25) is 46.7 Å². The van der Waals surface area contributed by atoms with E-state index in [1.165, 1.54) is 0 Å². The minimum atomic E-state index is -4.24. The van der Waals surface area contributed by atoms with E-state index in [4.69, 9.17) is 25.7 Å². The molecule has 2 aliphatic heterocycles. The molecule has 2 aromatic carbocycles. The number of aliphatic hydroxyl groups is 1. The molecular formula is C67H110N13O13S2+. The molecule has 28 heteroatoms. The first-order valence-electron chi connectivity index (χ1n) is 33.5. The SMILES string of the molecule is CCCCCCCCCC(=O)N[C@@H](CCCN=C(N)NS(=O)(=O)c1c(C)c(C)c2c(c1C)CCC(C)(C)O2)C(=O)N[C@H](C(=O)N[C@@H](CCCCNC(=O)OC(C)(C)C)C(=O)N[C@@H](CCCN=C(N)NS(=O)(=O)c1c(C)c(C)c2c(c1C)CCC(C)(C)O2)/C(O)=C/[N+]#N)C(C)C. The lowest BCUT2D eigenvalue weighted by molar-refractivity contribution is -0.134. The second-order valence-electron chi connectivity index (χ2n) is 27.7. The highest BCUT2D eigenvalue weighted by molar-refractivity contribution is 7.90. The summed E-state index contributed by atoms with van der Waals surface area (Å²) in [5.74, 6) is -3.24. The van der Waals surface area contributed by atoms with Gasteiger partial charge in [-0.2, -0.15) is 0 Å². The fraction of sp³-hybridized carbons (Fsp3) is 0.687. The van der Waals surface area contributed by atoms with Gasteiger partial charge in [0.05, 0.1) is 15.8 Å². The van der Waals surface area contributed by atoms with Crippen molar-refractivity contribution in [2.45, 2.75) is 284 Å². The Labute approximate surface area is 564 Å². The molecule has 2 heterocycles. The summed E-state index contributed by atoms with van der Waals surface area (Å²) in [7, 11) is -8.46. The predicted octanol–water partition coefficient (Wildman–Crippen LogP) is 8.87. The predicted molar refractivity (Wildman–Crippen MR) is 369 cm³/mol. The highest BCUT2D eigenvalue weighted by Crippen LogP contribution is 2.44.